The first-order valence-electron chi connectivity index (χ1n) is 4.01. The van der Waals surface area contributed by atoms with Gasteiger partial charge in [0.15, 0.2) is 0 Å². The van der Waals surface area contributed by atoms with Crippen LogP contribution in [0.2, 0.25) is 0 Å². The maximum Gasteiger partial charge on any atom is 0.263 e. The summed E-state index contributed by atoms with van der Waals surface area (Å²) in [6.45, 7) is -0.605. The highest BCUT2D eigenvalue weighted by atomic mass is 16.3. The Morgan fingerprint density at radius 2 is 1.86 bits per heavy atom. The van der Waals surface area contributed by atoms with Crippen LogP contribution in [0.3, 0.4) is 0 Å². The van der Waals surface area contributed by atoms with Gasteiger partial charge in [0.25, 0.3) is 11.8 Å². The summed E-state index contributed by atoms with van der Waals surface area (Å²) in [7, 11) is 0. The van der Waals surface area contributed by atoms with Crippen LogP contribution in [0.25, 0.3) is 0 Å². The van der Waals surface area contributed by atoms with Crippen LogP contribution in [0.1, 0.15) is 20.7 Å². The van der Waals surface area contributed by atoms with Gasteiger partial charge < -0.3 is 10.8 Å². The first kappa shape index (κ1) is 8.71. The van der Waals surface area contributed by atoms with E-state index in [4.69, 9.17) is 10.8 Å². The number of nitrogens with zero attached hydrogens (tertiary/aromatic N) is 1. The lowest BCUT2D eigenvalue weighted by Gasteiger charge is -2.07. The number of nitrogens with two attached hydrogens (primary N) is 1. The molecule has 0 aliphatic carbocycles. The van der Waals surface area contributed by atoms with Crippen molar-refractivity contribution in [1.82, 2.24) is 4.90 Å². The number of aliphatic hydroxyl groups is 1. The summed E-state index contributed by atoms with van der Waals surface area (Å²) in [6, 6.07) is 4.47. The second-order valence-corrected chi connectivity index (χ2v) is 2.98. The van der Waals surface area contributed by atoms with E-state index in [9.17, 15) is 9.59 Å². The molecule has 0 fully saturated rings. The number of benzene rings is 1. The third-order valence-electron chi connectivity index (χ3n) is 2.14. The Labute approximate surface area is 79.7 Å². The van der Waals surface area contributed by atoms with Crippen molar-refractivity contribution in [3.05, 3.63) is 29.3 Å². The van der Waals surface area contributed by atoms with Crippen LogP contribution in [0.4, 0.5) is 5.69 Å². The zero-order valence-corrected chi connectivity index (χ0v) is 7.23. The van der Waals surface area contributed by atoms with Crippen LogP contribution in [0.5, 0.6) is 0 Å². The molecule has 72 valence electrons. The molecular formula is C9H8N2O3. The minimum Gasteiger partial charge on any atom is -0.399 e. The number of nitrogen functional groups attached to an aromatic ring is 1. The normalized spacial score (nSPS) is 14.8. The van der Waals surface area contributed by atoms with Crippen LogP contribution >= 0.6 is 0 Å². The van der Waals surface area contributed by atoms with Crippen LogP contribution in [-0.4, -0.2) is 28.6 Å². The van der Waals surface area contributed by atoms with E-state index in [0.29, 0.717) is 11.3 Å². The molecule has 3 N–H and O–H groups in total. The van der Waals surface area contributed by atoms with Gasteiger partial charge in [-0.2, -0.15) is 0 Å². The molecule has 0 saturated heterocycles. The average molecular weight is 192 g/mol. The molecule has 2 amide bonds. The standard InChI is InChI=1S/C9H8N2O3/c10-5-1-2-6-7(3-5)9(14)11(4-12)8(6)13/h1-3,12H,4,10H2. The predicted molar refractivity (Wildman–Crippen MR) is 48.4 cm³/mol. The average Bonchev–Trinajstić information content (AvgIpc) is 2.39. The molecular weight excluding hydrogens is 184 g/mol. The Hall–Kier alpha value is -1.88. The molecule has 0 spiro atoms. The monoisotopic (exact) mass is 192 g/mol. The fourth-order valence-electron chi connectivity index (χ4n) is 1.44. The number of rotatable bonds is 1. The van der Waals surface area contributed by atoms with Crippen LogP contribution in [0, 0.1) is 0 Å². The van der Waals surface area contributed by atoms with E-state index in [1.165, 1.54) is 12.1 Å². The van der Waals surface area contributed by atoms with Gasteiger partial charge in [-0.3, -0.25) is 14.5 Å². The van der Waals surface area contributed by atoms with Crippen molar-refractivity contribution in [2.75, 3.05) is 12.5 Å². The van der Waals surface area contributed by atoms with Crippen LogP contribution < -0.4 is 5.73 Å². The lowest BCUT2D eigenvalue weighted by molar-refractivity contribution is 0.0490. The third kappa shape index (κ3) is 0.993. The minimum atomic E-state index is -0.605. The number of anilines is 1. The van der Waals surface area contributed by atoms with Gasteiger partial charge in [0.05, 0.1) is 11.1 Å². The maximum absolute atomic E-state index is 11.5. The van der Waals surface area contributed by atoms with Gasteiger partial charge in [0.1, 0.15) is 6.73 Å². The Morgan fingerprint density at radius 1 is 1.21 bits per heavy atom. The molecule has 1 aromatic carbocycles. The maximum atomic E-state index is 11.5. The third-order valence-corrected chi connectivity index (χ3v) is 2.14. The van der Waals surface area contributed by atoms with Crippen molar-refractivity contribution in [1.29, 1.82) is 0 Å². The van der Waals surface area contributed by atoms with E-state index < -0.39 is 18.5 Å². The smallest absolute Gasteiger partial charge is 0.263 e. The summed E-state index contributed by atoms with van der Waals surface area (Å²) in [5.41, 5.74) is 6.45. The van der Waals surface area contributed by atoms with Gasteiger partial charge >= 0.3 is 0 Å². The lowest BCUT2D eigenvalue weighted by Crippen LogP contribution is -2.30. The lowest BCUT2D eigenvalue weighted by atomic mass is 10.1. The first-order valence-corrected chi connectivity index (χ1v) is 4.01. The Bertz CT molecular complexity index is 428. The van der Waals surface area contributed by atoms with Crippen LogP contribution in [-0.2, 0) is 0 Å². The topological polar surface area (TPSA) is 83.6 Å². The summed E-state index contributed by atoms with van der Waals surface area (Å²) in [6.07, 6.45) is 0. The molecule has 0 aromatic heterocycles. The molecule has 0 saturated carbocycles. The number of hydrogen-bond donors (Lipinski definition) is 2. The summed E-state index contributed by atoms with van der Waals surface area (Å²) in [4.78, 5) is 23.7. The molecule has 1 aromatic rings. The highest BCUT2D eigenvalue weighted by molar-refractivity contribution is 6.21. The van der Waals surface area contributed by atoms with Gasteiger partial charge in [0, 0.05) is 5.69 Å². The van der Waals surface area contributed by atoms with E-state index in [2.05, 4.69) is 0 Å². The van der Waals surface area contributed by atoms with Crippen molar-refractivity contribution >= 4 is 17.5 Å². The van der Waals surface area contributed by atoms with Gasteiger partial charge in [0.2, 0.25) is 0 Å². The molecule has 5 heteroatoms. The summed E-state index contributed by atoms with van der Waals surface area (Å²) < 4.78 is 0. The SMILES string of the molecule is Nc1ccc2c(c1)C(=O)N(CO)C2=O. The van der Waals surface area contributed by atoms with Gasteiger partial charge in [-0.15, -0.1) is 0 Å². The molecule has 0 bridgehead atoms. The molecule has 0 radical (unpaired) electrons. The van der Waals surface area contributed by atoms with Crippen molar-refractivity contribution in [3.8, 4) is 0 Å². The van der Waals surface area contributed by atoms with Crippen molar-refractivity contribution in [2.45, 2.75) is 0 Å². The predicted octanol–water partition coefficient (Wildman–Crippen LogP) is -0.185. The van der Waals surface area contributed by atoms with Gasteiger partial charge in [-0.1, -0.05) is 0 Å². The van der Waals surface area contributed by atoms with Gasteiger partial charge in [-0.25, -0.2) is 0 Å². The number of carbonyl (C=O) groups excluding carboxylic acids is 2. The Morgan fingerprint density at radius 3 is 2.50 bits per heavy atom. The molecule has 1 heterocycles. The zero-order valence-electron chi connectivity index (χ0n) is 7.23. The second-order valence-electron chi connectivity index (χ2n) is 2.98. The molecule has 1 aliphatic rings. The highest BCUT2D eigenvalue weighted by Gasteiger charge is 2.34. The minimum absolute atomic E-state index is 0.254. The fraction of sp³-hybridized carbons (Fsp3) is 0.111. The van der Waals surface area contributed by atoms with E-state index in [1.54, 1.807) is 6.07 Å². The van der Waals surface area contributed by atoms with E-state index in [0.717, 1.165) is 4.90 Å². The largest absolute Gasteiger partial charge is 0.399 e. The summed E-state index contributed by atoms with van der Waals surface area (Å²) in [5.74, 6) is -0.979. The van der Waals surface area contributed by atoms with Crippen LogP contribution in [0.15, 0.2) is 18.2 Å². The number of imide groups is 1. The van der Waals surface area contributed by atoms with Crippen molar-refractivity contribution in [3.63, 3.8) is 0 Å². The molecule has 1 aliphatic heterocycles. The number of amides is 2. The molecule has 0 atom stereocenters. The molecule has 0 unspecified atom stereocenters. The quantitative estimate of drug-likeness (QED) is 0.477. The molecule has 5 nitrogen and oxygen atoms in total. The van der Waals surface area contributed by atoms with Crippen molar-refractivity contribution in [2.24, 2.45) is 0 Å². The Kier molecular flexibility index (Phi) is 1.75. The summed E-state index contributed by atoms with van der Waals surface area (Å²) >= 11 is 0. The van der Waals surface area contributed by atoms with E-state index in [-0.39, 0.29) is 5.56 Å². The van der Waals surface area contributed by atoms with E-state index in [1.807, 2.05) is 0 Å². The van der Waals surface area contributed by atoms with Gasteiger partial charge in [-0.05, 0) is 18.2 Å². The second kappa shape index (κ2) is 2.81. The Balaban J connectivity index is 2.58. The number of hydrogen-bond acceptors (Lipinski definition) is 4. The zero-order chi connectivity index (χ0) is 10.3. The number of carbonyl (C=O) groups is 2. The van der Waals surface area contributed by atoms with Crippen molar-refractivity contribution < 1.29 is 14.7 Å². The fourth-order valence-corrected chi connectivity index (χ4v) is 1.44. The molecule has 14 heavy (non-hydrogen) atoms. The van der Waals surface area contributed by atoms with E-state index >= 15 is 0 Å². The highest BCUT2D eigenvalue weighted by Crippen LogP contribution is 2.23. The molecule has 2 rings (SSSR count). The number of fused-ring (bicyclic) bond motifs is 1. The summed E-state index contributed by atoms with van der Waals surface area (Å²) in [5, 5.41) is 8.80. The first-order chi connectivity index (χ1) is 6.65. The number of aliphatic hydroxyl groups excluding tert-OH is 1.